The van der Waals surface area contributed by atoms with Crippen LogP contribution in [0.15, 0.2) is 24.3 Å². The number of rotatable bonds is 2. The Hall–Kier alpha value is -1.66. The maximum Gasteiger partial charge on any atom is 0.337 e. The van der Waals surface area contributed by atoms with Crippen LogP contribution in [0.3, 0.4) is 0 Å². The van der Waals surface area contributed by atoms with Crippen LogP contribution < -0.4 is 0 Å². The molecule has 0 saturated carbocycles. The number of hydrogen-bond donors (Lipinski definition) is 0. The zero-order valence-corrected chi connectivity index (χ0v) is 13.3. The molecule has 0 N–H and O–H groups in total. The fraction of sp³-hybridized carbons (Fsp3) is 0.429. The van der Waals surface area contributed by atoms with Crippen LogP contribution in [0.5, 0.6) is 0 Å². The molecule has 1 aliphatic rings. The van der Waals surface area contributed by atoms with E-state index < -0.39 is 11.9 Å². The zero-order chi connectivity index (χ0) is 14.8. The SMILES string of the molecule is C1CC[SiH2]OC1.COC(=O)c1ccc(C(=O)OC)cc1. The number of ether oxygens (including phenoxy) is 2. The average molecular weight is 296 g/mol. The van der Waals surface area contributed by atoms with Gasteiger partial charge < -0.3 is 13.9 Å². The molecule has 0 amide bonds. The van der Waals surface area contributed by atoms with Crippen LogP contribution in [0.25, 0.3) is 0 Å². The van der Waals surface area contributed by atoms with Gasteiger partial charge in [0.2, 0.25) is 0 Å². The minimum Gasteiger partial charge on any atom is -0.465 e. The quantitative estimate of drug-likeness (QED) is 0.612. The minimum absolute atomic E-state index is 0.00849. The summed E-state index contributed by atoms with van der Waals surface area (Å²) in [7, 11) is 2.61. The summed E-state index contributed by atoms with van der Waals surface area (Å²) in [6.45, 7) is 1.06. The number of carbonyl (C=O) groups excluding carboxylic acids is 2. The summed E-state index contributed by atoms with van der Waals surface area (Å²) in [6.07, 6.45) is 2.75. The third-order valence-electron chi connectivity index (χ3n) is 2.80. The Balaban J connectivity index is 0.000000276. The largest absolute Gasteiger partial charge is 0.465 e. The van der Waals surface area contributed by atoms with Crippen molar-refractivity contribution in [3.05, 3.63) is 35.4 Å². The second-order valence-electron chi connectivity index (χ2n) is 4.23. The van der Waals surface area contributed by atoms with Gasteiger partial charge in [-0.3, -0.25) is 0 Å². The van der Waals surface area contributed by atoms with Crippen LogP contribution in [0.4, 0.5) is 0 Å². The summed E-state index contributed by atoms with van der Waals surface area (Å²) in [5.74, 6) is -0.858. The molecule has 2 rings (SSSR count). The van der Waals surface area contributed by atoms with Crippen molar-refractivity contribution in [2.24, 2.45) is 0 Å². The zero-order valence-electron chi connectivity index (χ0n) is 11.9. The van der Waals surface area contributed by atoms with Gasteiger partial charge >= 0.3 is 11.9 Å². The maximum absolute atomic E-state index is 11.0. The number of hydrogen-bond acceptors (Lipinski definition) is 5. The fourth-order valence-corrected chi connectivity index (χ4v) is 2.84. The Labute approximate surface area is 121 Å². The van der Waals surface area contributed by atoms with E-state index in [0.29, 0.717) is 11.1 Å². The lowest BCUT2D eigenvalue weighted by Crippen LogP contribution is -2.06. The molecule has 1 aliphatic heterocycles. The molecule has 20 heavy (non-hydrogen) atoms. The second-order valence-corrected chi connectivity index (χ2v) is 5.76. The highest BCUT2D eigenvalue weighted by molar-refractivity contribution is 6.27. The number of benzene rings is 1. The molecule has 0 aromatic heterocycles. The number of esters is 2. The van der Waals surface area contributed by atoms with Crippen LogP contribution in [0.1, 0.15) is 33.6 Å². The Morgan fingerprint density at radius 1 is 1.00 bits per heavy atom. The summed E-state index contributed by atoms with van der Waals surface area (Å²) in [6, 6.07) is 7.46. The molecule has 6 heteroatoms. The summed E-state index contributed by atoms with van der Waals surface area (Å²) in [5, 5.41) is 0. The molecule has 0 atom stereocenters. The molecular formula is C14H20O5Si. The highest BCUT2D eigenvalue weighted by Crippen LogP contribution is 2.06. The highest BCUT2D eigenvalue weighted by Gasteiger charge is 2.08. The monoisotopic (exact) mass is 296 g/mol. The van der Waals surface area contributed by atoms with Crippen LogP contribution >= 0.6 is 0 Å². The Kier molecular flexibility index (Phi) is 7.60. The normalized spacial score (nSPS) is 14.9. The molecular weight excluding hydrogens is 276 g/mol. The Morgan fingerprint density at radius 3 is 1.70 bits per heavy atom. The number of carbonyl (C=O) groups is 2. The summed E-state index contributed by atoms with van der Waals surface area (Å²) in [5.41, 5.74) is 0.806. The van der Waals surface area contributed by atoms with Crippen molar-refractivity contribution in [3.8, 4) is 0 Å². The third kappa shape index (κ3) is 5.54. The van der Waals surface area contributed by atoms with Gasteiger partial charge in [0.25, 0.3) is 0 Å². The standard InChI is InChI=1S/C10H10O4.C4H10OSi/c1-13-9(11)7-3-5-8(6-4-7)10(12)14-2;1-2-4-6-5-3-1/h3-6H,1-2H3;1-4,6H2. The predicted octanol–water partition coefficient (Wildman–Crippen LogP) is 1.56. The molecule has 0 spiro atoms. The third-order valence-corrected chi connectivity index (χ3v) is 4.17. The molecule has 1 heterocycles. The summed E-state index contributed by atoms with van der Waals surface area (Å²) >= 11 is 0. The number of methoxy groups -OCH3 is 2. The van der Waals surface area contributed by atoms with E-state index >= 15 is 0 Å². The first kappa shape index (κ1) is 16.4. The first-order valence-electron chi connectivity index (χ1n) is 6.53. The minimum atomic E-state index is -0.429. The van der Waals surface area contributed by atoms with Crippen molar-refractivity contribution in [3.63, 3.8) is 0 Å². The lowest BCUT2D eigenvalue weighted by atomic mass is 10.1. The van der Waals surface area contributed by atoms with Gasteiger partial charge in [-0.1, -0.05) is 6.42 Å². The molecule has 1 aromatic rings. The lowest BCUT2D eigenvalue weighted by molar-refractivity contribution is 0.0586. The van der Waals surface area contributed by atoms with E-state index in [-0.39, 0.29) is 9.76 Å². The fourth-order valence-electron chi connectivity index (χ4n) is 1.67. The van der Waals surface area contributed by atoms with Crippen LogP contribution in [-0.2, 0) is 13.9 Å². The van der Waals surface area contributed by atoms with Crippen molar-refractivity contribution in [1.29, 1.82) is 0 Å². The highest BCUT2D eigenvalue weighted by atomic mass is 28.2. The van der Waals surface area contributed by atoms with Gasteiger partial charge in [0.05, 0.1) is 25.3 Å². The molecule has 1 fully saturated rings. The van der Waals surface area contributed by atoms with Gasteiger partial charge in [0.15, 0.2) is 9.76 Å². The van der Waals surface area contributed by atoms with E-state index in [0.717, 1.165) is 6.61 Å². The summed E-state index contributed by atoms with van der Waals surface area (Å²) in [4.78, 5) is 22.1. The van der Waals surface area contributed by atoms with E-state index in [9.17, 15) is 9.59 Å². The second kappa shape index (κ2) is 9.27. The topological polar surface area (TPSA) is 61.8 Å². The van der Waals surface area contributed by atoms with Crippen molar-refractivity contribution in [1.82, 2.24) is 0 Å². The Bertz CT molecular complexity index is 379. The van der Waals surface area contributed by atoms with Gasteiger partial charge in [-0.15, -0.1) is 0 Å². The predicted molar refractivity (Wildman–Crippen MR) is 77.7 cm³/mol. The van der Waals surface area contributed by atoms with Crippen LogP contribution in [0.2, 0.25) is 6.04 Å². The molecule has 0 bridgehead atoms. The first-order chi connectivity index (χ1) is 9.69. The first-order valence-corrected chi connectivity index (χ1v) is 8.11. The van der Waals surface area contributed by atoms with Crippen molar-refractivity contribution < 1.29 is 23.5 Å². The van der Waals surface area contributed by atoms with Gasteiger partial charge in [-0.05, 0) is 36.7 Å². The summed E-state index contributed by atoms with van der Waals surface area (Å²) < 4.78 is 14.2. The van der Waals surface area contributed by atoms with E-state index in [2.05, 4.69) is 9.47 Å². The van der Waals surface area contributed by atoms with E-state index in [4.69, 9.17) is 4.43 Å². The molecule has 0 radical (unpaired) electrons. The smallest absolute Gasteiger partial charge is 0.337 e. The van der Waals surface area contributed by atoms with E-state index in [1.807, 2.05) is 0 Å². The van der Waals surface area contributed by atoms with Gasteiger partial charge in [0.1, 0.15) is 0 Å². The van der Waals surface area contributed by atoms with Crippen LogP contribution in [0, 0.1) is 0 Å². The molecule has 0 aliphatic carbocycles. The van der Waals surface area contributed by atoms with Crippen molar-refractivity contribution >= 4 is 21.7 Å². The Morgan fingerprint density at radius 2 is 1.50 bits per heavy atom. The van der Waals surface area contributed by atoms with Crippen molar-refractivity contribution in [2.75, 3.05) is 20.8 Å². The lowest BCUT2D eigenvalue weighted by Gasteiger charge is -2.07. The van der Waals surface area contributed by atoms with Gasteiger partial charge in [-0.25, -0.2) is 9.59 Å². The molecule has 0 unspecified atom stereocenters. The molecule has 1 saturated heterocycles. The van der Waals surface area contributed by atoms with Gasteiger partial charge in [-0.2, -0.15) is 0 Å². The van der Waals surface area contributed by atoms with E-state index in [1.54, 1.807) is 0 Å². The molecule has 5 nitrogen and oxygen atoms in total. The van der Waals surface area contributed by atoms with E-state index in [1.165, 1.54) is 57.4 Å². The van der Waals surface area contributed by atoms with Crippen LogP contribution in [-0.4, -0.2) is 42.5 Å². The average Bonchev–Trinajstić information content (AvgIpc) is 2.55. The van der Waals surface area contributed by atoms with Gasteiger partial charge in [0, 0.05) is 6.61 Å². The molecule has 110 valence electrons. The maximum atomic E-state index is 11.0. The molecule has 1 aromatic carbocycles. The van der Waals surface area contributed by atoms with Crippen molar-refractivity contribution in [2.45, 2.75) is 18.9 Å².